The Labute approximate surface area is 252 Å². The number of carbonyl (C=O) groups is 1. The van der Waals surface area contributed by atoms with Gasteiger partial charge in [-0.15, -0.1) is 22.7 Å². The zero-order valence-electron chi connectivity index (χ0n) is 20.0. The van der Waals surface area contributed by atoms with Crippen LogP contribution >= 0.6 is 66.3 Å². The van der Waals surface area contributed by atoms with E-state index in [9.17, 15) is 4.79 Å². The Morgan fingerprint density at radius 2 is 1.21 bits per heavy atom. The highest BCUT2D eigenvalue weighted by Gasteiger charge is 2.29. The van der Waals surface area contributed by atoms with E-state index in [1.807, 2.05) is 54.6 Å². The maximum absolute atomic E-state index is 12.0. The molecule has 3 heterocycles. The normalized spacial score (nSPS) is 11.1. The number of hydrogen-bond donors (Lipinski definition) is 0. The third-order valence-electron chi connectivity index (χ3n) is 5.72. The Morgan fingerprint density at radius 3 is 1.67 bits per heavy atom. The van der Waals surface area contributed by atoms with E-state index in [0.717, 1.165) is 51.2 Å². The second-order valence-corrected chi connectivity index (χ2v) is 13.6. The first-order chi connectivity index (χ1) is 19.0. The molecule has 0 aliphatic carbocycles. The van der Waals surface area contributed by atoms with Gasteiger partial charge in [-0.2, -0.15) is 8.75 Å². The number of esters is 1. The summed E-state index contributed by atoms with van der Waals surface area (Å²) in [5, 5.41) is 0. The van der Waals surface area contributed by atoms with Crippen molar-refractivity contribution in [2.75, 3.05) is 7.11 Å². The molecule has 0 unspecified atom stereocenters. The topological polar surface area (TPSA) is 70.5 Å². The Bertz CT molecular complexity index is 1800. The zero-order valence-corrected chi connectivity index (χ0v) is 25.6. The second-order valence-electron chi connectivity index (χ2n) is 8.11. The largest absolute Gasteiger partial charge is 0.465 e. The molecule has 0 radical (unpaired) electrons. The fourth-order valence-electron chi connectivity index (χ4n) is 4.01. The third-order valence-corrected chi connectivity index (χ3v) is 9.53. The number of rotatable bonds is 7. The number of halogens is 2. The summed E-state index contributed by atoms with van der Waals surface area (Å²) in [6.07, 6.45) is 0. The van der Waals surface area contributed by atoms with Gasteiger partial charge in [0.25, 0.3) is 0 Å². The highest BCUT2D eigenvalue weighted by atomic mass is 79.9. The van der Waals surface area contributed by atoms with Crippen molar-refractivity contribution in [2.45, 2.75) is 0 Å². The zero-order chi connectivity index (χ0) is 26.9. The predicted octanol–water partition coefficient (Wildman–Crippen LogP) is 10.0. The Morgan fingerprint density at radius 1 is 0.692 bits per heavy atom. The number of hydrogen-bond acceptors (Lipinski definition) is 9. The van der Waals surface area contributed by atoms with Gasteiger partial charge in [-0.05, 0) is 92.5 Å². The molecule has 6 rings (SSSR count). The standard InChI is InChI=1S/C28H16Br2N2O4S3/c1-34-28(33)15-7-9-17(10-8-15)36-27-23(19-12-14-21(30)38-19)25-24(31-39-32-25)22(18-11-13-20(29)37-18)26(27)35-16-5-3-2-4-6-16/h2-14H,1H3. The molecule has 3 aromatic carbocycles. The molecule has 194 valence electrons. The number of ether oxygens (including phenoxy) is 3. The summed E-state index contributed by atoms with van der Waals surface area (Å²) in [4.78, 5) is 13.9. The van der Waals surface area contributed by atoms with Gasteiger partial charge in [0, 0.05) is 9.75 Å². The molecule has 0 fully saturated rings. The third kappa shape index (κ3) is 5.24. The predicted molar refractivity (Wildman–Crippen MR) is 164 cm³/mol. The molecule has 3 aromatic heterocycles. The number of nitrogens with zero attached hydrogens (tertiary/aromatic N) is 2. The average Bonchev–Trinajstić information content (AvgIpc) is 3.71. The molecule has 11 heteroatoms. The molecule has 39 heavy (non-hydrogen) atoms. The van der Waals surface area contributed by atoms with Crippen LogP contribution in [0.15, 0.2) is 86.4 Å². The summed E-state index contributed by atoms with van der Waals surface area (Å²) in [7, 11) is 1.35. The summed E-state index contributed by atoms with van der Waals surface area (Å²) in [5.74, 6) is 1.78. The van der Waals surface area contributed by atoms with Gasteiger partial charge in [0.1, 0.15) is 22.5 Å². The van der Waals surface area contributed by atoms with E-state index in [-0.39, 0.29) is 0 Å². The number of methoxy groups -OCH3 is 1. The molecule has 0 saturated heterocycles. The Kier molecular flexibility index (Phi) is 7.50. The minimum absolute atomic E-state index is 0.417. The number of carbonyl (C=O) groups excluding carboxylic acids is 1. The van der Waals surface area contributed by atoms with Crippen molar-refractivity contribution < 1.29 is 19.0 Å². The quantitative estimate of drug-likeness (QED) is 0.155. The first kappa shape index (κ1) is 26.1. The van der Waals surface area contributed by atoms with Crippen LogP contribution in [0.4, 0.5) is 0 Å². The smallest absolute Gasteiger partial charge is 0.337 e. The molecule has 0 aliphatic heterocycles. The van der Waals surface area contributed by atoms with E-state index in [0.29, 0.717) is 28.6 Å². The monoisotopic (exact) mass is 698 g/mol. The Hall–Kier alpha value is -3.09. The molecule has 0 aliphatic rings. The van der Waals surface area contributed by atoms with E-state index < -0.39 is 5.97 Å². The molecular formula is C28H16Br2N2O4S3. The molecule has 6 nitrogen and oxygen atoms in total. The second kappa shape index (κ2) is 11.2. The SMILES string of the molecule is COC(=O)c1ccc(Oc2c(Oc3ccccc3)c(-c3ccc(Br)s3)c3nsnc3c2-c2ccc(Br)s2)cc1. The van der Waals surface area contributed by atoms with Crippen LogP contribution in [0, 0.1) is 0 Å². The first-order valence-electron chi connectivity index (χ1n) is 11.4. The van der Waals surface area contributed by atoms with Crippen LogP contribution in [0.5, 0.6) is 23.0 Å². The summed E-state index contributed by atoms with van der Waals surface area (Å²) in [6.45, 7) is 0. The summed E-state index contributed by atoms with van der Waals surface area (Å²) >= 11 is 11.5. The molecular weight excluding hydrogens is 684 g/mol. The van der Waals surface area contributed by atoms with Gasteiger partial charge in [0.2, 0.25) is 0 Å². The van der Waals surface area contributed by atoms with Gasteiger partial charge < -0.3 is 14.2 Å². The van der Waals surface area contributed by atoms with Crippen molar-refractivity contribution in [3.8, 4) is 43.9 Å². The van der Waals surface area contributed by atoms with E-state index in [4.69, 9.17) is 23.0 Å². The molecule has 6 aromatic rings. The van der Waals surface area contributed by atoms with Gasteiger partial charge in [-0.25, -0.2) is 4.79 Å². The number of para-hydroxylation sites is 1. The Balaban J connectivity index is 1.64. The van der Waals surface area contributed by atoms with Gasteiger partial charge in [0.05, 0.1) is 43.1 Å². The van der Waals surface area contributed by atoms with Crippen LogP contribution in [-0.4, -0.2) is 21.8 Å². The number of benzene rings is 3. The van der Waals surface area contributed by atoms with E-state index >= 15 is 0 Å². The van der Waals surface area contributed by atoms with Crippen LogP contribution in [0.1, 0.15) is 10.4 Å². The van der Waals surface area contributed by atoms with Crippen molar-refractivity contribution in [1.82, 2.24) is 8.75 Å². The van der Waals surface area contributed by atoms with Crippen LogP contribution in [-0.2, 0) is 4.74 Å². The molecule has 0 amide bonds. The van der Waals surface area contributed by atoms with Crippen LogP contribution in [0.25, 0.3) is 31.9 Å². The average molecular weight is 700 g/mol. The highest BCUT2D eigenvalue weighted by Crippen LogP contribution is 2.55. The molecule has 0 saturated carbocycles. The lowest BCUT2D eigenvalue weighted by molar-refractivity contribution is 0.0600. The van der Waals surface area contributed by atoms with Crippen LogP contribution in [0.2, 0.25) is 0 Å². The van der Waals surface area contributed by atoms with Crippen molar-refractivity contribution >= 4 is 83.3 Å². The molecule has 0 bridgehead atoms. The minimum Gasteiger partial charge on any atom is -0.465 e. The summed E-state index contributed by atoms with van der Waals surface area (Å²) in [5.41, 5.74) is 3.44. The molecule has 0 spiro atoms. The fourth-order valence-corrected chi connectivity index (χ4v) is 7.43. The van der Waals surface area contributed by atoms with E-state index in [1.165, 1.54) is 7.11 Å². The van der Waals surface area contributed by atoms with Gasteiger partial charge in [-0.3, -0.25) is 0 Å². The van der Waals surface area contributed by atoms with E-state index in [2.05, 4.69) is 31.9 Å². The van der Waals surface area contributed by atoms with Crippen molar-refractivity contribution in [1.29, 1.82) is 0 Å². The van der Waals surface area contributed by atoms with Crippen LogP contribution in [0.3, 0.4) is 0 Å². The maximum atomic E-state index is 12.0. The van der Waals surface area contributed by atoms with Crippen molar-refractivity contribution in [3.63, 3.8) is 0 Å². The lowest BCUT2D eigenvalue weighted by atomic mass is 10.0. The molecule has 0 N–H and O–H groups in total. The summed E-state index contributed by atoms with van der Waals surface area (Å²) in [6, 6.07) is 24.4. The number of fused-ring (bicyclic) bond motifs is 1. The first-order valence-corrected chi connectivity index (χ1v) is 15.4. The van der Waals surface area contributed by atoms with E-state index in [1.54, 1.807) is 46.9 Å². The fraction of sp³-hybridized carbons (Fsp3) is 0.0357. The lowest BCUT2D eigenvalue weighted by Crippen LogP contribution is -2.01. The van der Waals surface area contributed by atoms with Crippen LogP contribution < -0.4 is 9.47 Å². The highest BCUT2D eigenvalue weighted by molar-refractivity contribution is 9.11. The maximum Gasteiger partial charge on any atom is 0.337 e. The van der Waals surface area contributed by atoms with Gasteiger partial charge in [0.15, 0.2) is 11.5 Å². The van der Waals surface area contributed by atoms with Gasteiger partial charge in [-0.1, -0.05) is 18.2 Å². The number of aromatic nitrogens is 2. The molecule has 0 atom stereocenters. The summed E-state index contributed by atoms with van der Waals surface area (Å²) < 4.78 is 29.5. The lowest BCUT2D eigenvalue weighted by Gasteiger charge is -2.19. The van der Waals surface area contributed by atoms with Crippen molar-refractivity contribution in [2.24, 2.45) is 0 Å². The van der Waals surface area contributed by atoms with Crippen molar-refractivity contribution in [3.05, 3.63) is 92.0 Å². The minimum atomic E-state index is -0.417. The van der Waals surface area contributed by atoms with Gasteiger partial charge >= 0.3 is 5.97 Å². The number of thiophene rings is 2.